The normalized spacial score (nSPS) is 14.6. The van der Waals surface area contributed by atoms with Crippen molar-refractivity contribution < 1.29 is 4.74 Å². The van der Waals surface area contributed by atoms with Gasteiger partial charge in [-0.3, -0.25) is 0 Å². The fourth-order valence-electron chi connectivity index (χ4n) is 2.29. The van der Waals surface area contributed by atoms with Gasteiger partial charge in [0.2, 0.25) is 0 Å². The van der Waals surface area contributed by atoms with Gasteiger partial charge in [-0.15, -0.1) is 0 Å². The summed E-state index contributed by atoms with van der Waals surface area (Å²) in [5.74, 6) is 1.49. The van der Waals surface area contributed by atoms with Gasteiger partial charge >= 0.3 is 0 Å². The third-order valence-electron chi connectivity index (χ3n) is 3.29. The summed E-state index contributed by atoms with van der Waals surface area (Å²) in [6.45, 7) is 11.8. The zero-order valence-corrected chi connectivity index (χ0v) is 12.4. The standard InChI is InChI=1S/C16H27NO/c1-6-16(17-7-2)13(5)14-8-10-15(11-9-14)18-12(3)4/h8-13,16-17H,6-7H2,1-5H3. The van der Waals surface area contributed by atoms with Crippen molar-refractivity contribution in [2.45, 2.75) is 59.1 Å². The Morgan fingerprint density at radius 2 is 1.67 bits per heavy atom. The maximum absolute atomic E-state index is 5.67. The summed E-state index contributed by atoms with van der Waals surface area (Å²) in [5.41, 5.74) is 1.37. The third kappa shape index (κ3) is 4.34. The van der Waals surface area contributed by atoms with Crippen LogP contribution in [0.15, 0.2) is 24.3 Å². The van der Waals surface area contributed by atoms with Gasteiger partial charge < -0.3 is 10.1 Å². The van der Waals surface area contributed by atoms with Crippen LogP contribution in [-0.2, 0) is 0 Å². The lowest BCUT2D eigenvalue weighted by atomic mass is 9.91. The smallest absolute Gasteiger partial charge is 0.119 e. The molecule has 0 spiro atoms. The van der Waals surface area contributed by atoms with Gasteiger partial charge in [0.25, 0.3) is 0 Å². The van der Waals surface area contributed by atoms with E-state index in [4.69, 9.17) is 4.74 Å². The molecule has 18 heavy (non-hydrogen) atoms. The lowest BCUT2D eigenvalue weighted by Gasteiger charge is -2.24. The molecule has 0 aliphatic heterocycles. The SMILES string of the molecule is CCNC(CC)C(C)c1ccc(OC(C)C)cc1. The van der Waals surface area contributed by atoms with E-state index in [2.05, 4.69) is 64.2 Å². The van der Waals surface area contributed by atoms with E-state index in [0.717, 1.165) is 18.7 Å². The third-order valence-corrected chi connectivity index (χ3v) is 3.29. The zero-order chi connectivity index (χ0) is 13.5. The summed E-state index contributed by atoms with van der Waals surface area (Å²) in [6, 6.07) is 9.06. The second-order valence-corrected chi connectivity index (χ2v) is 5.10. The Morgan fingerprint density at radius 1 is 1.06 bits per heavy atom. The highest BCUT2D eigenvalue weighted by Crippen LogP contribution is 2.24. The average Bonchev–Trinajstić information content (AvgIpc) is 2.35. The predicted octanol–water partition coefficient (Wildman–Crippen LogP) is 3.97. The number of nitrogens with one attached hydrogen (secondary N) is 1. The van der Waals surface area contributed by atoms with Crippen molar-refractivity contribution in [3.05, 3.63) is 29.8 Å². The summed E-state index contributed by atoms with van der Waals surface area (Å²) < 4.78 is 5.67. The van der Waals surface area contributed by atoms with Crippen molar-refractivity contribution in [3.8, 4) is 5.75 Å². The second-order valence-electron chi connectivity index (χ2n) is 5.10. The Labute approximate surface area is 112 Å². The number of likely N-dealkylation sites (N-methyl/N-ethyl adjacent to an activating group) is 1. The van der Waals surface area contributed by atoms with Crippen molar-refractivity contribution >= 4 is 0 Å². The van der Waals surface area contributed by atoms with Crippen LogP contribution in [0.3, 0.4) is 0 Å². The molecule has 0 amide bonds. The van der Waals surface area contributed by atoms with E-state index < -0.39 is 0 Å². The van der Waals surface area contributed by atoms with Gasteiger partial charge in [-0.25, -0.2) is 0 Å². The van der Waals surface area contributed by atoms with Crippen LogP contribution in [0.25, 0.3) is 0 Å². The molecule has 0 fully saturated rings. The first-order valence-electron chi connectivity index (χ1n) is 7.08. The highest BCUT2D eigenvalue weighted by molar-refractivity contribution is 5.30. The summed E-state index contributed by atoms with van der Waals surface area (Å²) in [5, 5.41) is 3.55. The zero-order valence-electron chi connectivity index (χ0n) is 12.4. The number of hydrogen-bond donors (Lipinski definition) is 1. The highest BCUT2D eigenvalue weighted by Gasteiger charge is 2.16. The molecule has 1 aromatic carbocycles. The molecule has 1 N–H and O–H groups in total. The van der Waals surface area contributed by atoms with Gasteiger partial charge in [0, 0.05) is 6.04 Å². The van der Waals surface area contributed by atoms with Crippen LogP contribution in [0.1, 0.15) is 52.5 Å². The van der Waals surface area contributed by atoms with E-state index in [-0.39, 0.29) is 6.10 Å². The fourth-order valence-corrected chi connectivity index (χ4v) is 2.29. The van der Waals surface area contributed by atoms with Crippen LogP contribution in [0.5, 0.6) is 5.75 Å². The van der Waals surface area contributed by atoms with Crippen LogP contribution < -0.4 is 10.1 Å². The van der Waals surface area contributed by atoms with E-state index in [1.165, 1.54) is 5.56 Å². The maximum atomic E-state index is 5.67. The molecule has 0 aliphatic carbocycles. The molecular weight excluding hydrogens is 222 g/mol. The molecule has 0 saturated heterocycles. The van der Waals surface area contributed by atoms with Gasteiger partial charge in [-0.05, 0) is 50.4 Å². The molecular formula is C16H27NO. The van der Waals surface area contributed by atoms with Crippen molar-refractivity contribution in [3.63, 3.8) is 0 Å². The monoisotopic (exact) mass is 249 g/mol. The van der Waals surface area contributed by atoms with Crippen LogP contribution >= 0.6 is 0 Å². The van der Waals surface area contributed by atoms with Gasteiger partial charge in [0.1, 0.15) is 5.75 Å². The highest BCUT2D eigenvalue weighted by atomic mass is 16.5. The van der Waals surface area contributed by atoms with E-state index in [0.29, 0.717) is 12.0 Å². The Balaban J connectivity index is 2.71. The molecule has 1 rings (SSSR count). The molecule has 0 heterocycles. The first-order valence-corrected chi connectivity index (χ1v) is 7.08. The Kier molecular flexibility index (Phi) is 6.20. The van der Waals surface area contributed by atoms with E-state index in [1.807, 2.05) is 0 Å². The van der Waals surface area contributed by atoms with Crippen LogP contribution in [-0.4, -0.2) is 18.7 Å². The molecule has 102 valence electrons. The molecule has 0 bridgehead atoms. The lowest BCUT2D eigenvalue weighted by molar-refractivity contribution is 0.242. The van der Waals surface area contributed by atoms with Crippen LogP contribution in [0.4, 0.5) is 0 Å². The van der Waals surface area contributed by atoms with Crippen molar-refractivity contribution in [2.24, 2.45) is 0 Å². The topological polar surface area (TPSA) is 21.3 Å². The number of benzene rings is 1. The molecule has 2 heteroatoms. The quantitative estimate of drug-likeness (QED) is 0.789. The molecule has 1 aromatic rings. The minimum Gasteiger partial charge on any atom is -0.491 e. The predicted molar refractivity (Wildman–Crippen MR) is 78.4 cm³/mol. The summed E-state index contributed by atoms with van der Waals surface area (Å²) in [6.07, 6.45) is 1.39. The van der Waals surface area contributed by atoms with Crippen LogP contribution in [0, 0.1) is 0 Å². The minimum atomic E-state index is 0.235. The van der Waals surface area contributed by atoms with Gasteiger partial charge in [-0.2, -0.15) is 0 Å². The van der Waals surface area contributed by atoms with Crippen LogP contribution in [0.2, 0.25) is 0 Å². The Bertz CT molecular complexity index is 331. The largest absolute Gasteiger partial charge is 0.491 e. The number of hydrogen-bond acceptors (Lipinski definition) is 2. The molecule has 2 unspecified atom stereocenters. The summed E-state index contributed by atoms with van der Waals surface area (Å²) in [4.78, 5) is 0. The van der Waals surface area contributed by atoms with Crippen molar-refractivity contribution in [2.75, 3.05) is 6.54 Å². The Morgan fingerprint density at radius 3 is 2.11 bits per heavy atom. The first-order chi connectivity index (χ1) is 8.58. The molecule has 2 atom stereocenters. The van der Waals surface area contributed by atoms with Gasteiger partial charge in [-0.1, -0.05) is 32.9 Å². The molecule has 0 saturated carbocycles. The minimum absolute atomic E-state index is 0.235. The fraction of sp³-hybridized carbons (Fsp3) is 0.625. The molecule has 0 aromatic heterocycles. The van der Waals surface area contributed by atoms with Crippen molar-refractivity contribution in [1.29, 1.82) is 0 Å². The molecule has 0 radical (unpaired) electrons. The average molecular weight is 249 g/mol. The number of rotatable bonds is 7. The lowest BCUT2D eigenvalue weighted by Crippen LogP contribution is -2.32. The van der Waals surface area contributed by atoms with E-state index in [1.54, 1.807) is 0 Å². The van der Waals surface area contributed by atoms with Gasteiger partial charge in [0.15, 0.2) is 0 Å². The summed E-state index contributed by atoms with van der Waals surface area (Å²) >= 11 is 0. The first kappa shape index (κ1) is 15.0. The molecule has 2 nitrogen and oxygen atoms in total. The number of ether oxygens (including phenoxy) is 1. The van der Waals surface area contributed by atoms with E-state index >= 15 is 0 Å². The Hall–Kier alpha value is -1.02. The maximum Gasteiger partial charge on any atom is 0.119 e. The second kappa shape index (κ2) is 7.42. The van der Waals surface area contributed by atoms with Gasteiger partial charge in [0.05, 0.1) is 6.10 Å². The van der Waals surface area contributed by atoms with E-state index in [9.17, 15) is 0 Å². The van der Waals surface area contributed by atoms with Crippen molar-refractivity contribution in [1.82, 2.24) is 5.32 Å². The molecule has 0 aliphatic rings. The summed E-state index contributed by atoms with van der Waals surface area (Å²) in [7, 11) is 0.